The topological polar surface area (TPSA) is 101 Å². The first kappa shape index (κ1) is 12.5. The van der Waals surface area contributed by atoms with Crippen molar-refractivity contribution in [3.63, 3.8) is 0 Å². The number of nitrogens with two attached hydrogens (primary N) is 1. The van der Waals surface area contributed by atoms with Crippen LogP contribution in [0.1, 0.15) is 0 Å². The Labute approximate surface area is 93.3 Å². The van der Waals surface area contributed by atoms with Gasteiger partial charge in [-0.15, -0.1) is 0 Å². The number of aromatic hydroxyl groups is 1. The van der Waals surface area contributed by atoms with Crippen LogP contribution in [0.3, 0.4) is 0 Å². The molecule has 0 unspecified atom stereocenters. The van der Waals surface area contributed by atoms with Crippen molar-refractivity contribution in [1.82, 2.24) is 4.31 Å². The molecule has 0 atom stereocenters. The molecule has 0 aliphatic heterocycles. The zero-order chi connectivity index (χ0) is 12.3. The molecule has 1 aromatic carbocycles. The molecule has 3 N–H and O–H groups in total. The number of nitrogens with zero attached hydrogens (tertiary/aromatic N) is 1. The molecule has 0 aliphatic rings. The molecule has 0 heterocycles. The van der Waals surface area contributed by atoms with Gasteiger partial charge >= 0.3 is 0 Å². The predicted octanol–water partition coefficient (Wildman–Crippen LogP) is -0.502. The molecule has 6 nitrogen and oxygen atoms in total. The largest absolute Gasteiger partial charge is 0.508 e. The van der Waals surface area contributed by atoms with Gasteiger partial charge in [0, 0.05) is 7.05 Å². The summed E-state index contributed by atoms with van der Waals surface area (Å²) in [5.41, 5.74) is 4.90. The number of amides is 1. The van der Waals surface area contributed by atoms with Crippen LogP contribution in [0.4, 0.5) is 0 Å². The van der Waals surface area contributed by atoms with Crippen molar-refractivity contribution < 1.29 is 18.3 Å². The minimum atomic E-state index is -3.78. The molecule has 0 aromatic heterocycles. The van der Waals surface area contributed by atoms with E-state index in [2.05, 4.69) is 0 Å². The van der Waals surface area contributed by atoms with Gasteiger partial charge in [0.15, 0.2) is 0 Å². The molecular formula is C9H12N2O4S. The third-order valence-electron chi connectivity index (χ3n) is 1.90. The van der Waals surface area contributed by atoms with E-state index in [1.165, 1.54) is 25.2 Å². The Morgan fingerprint density at radius 3 is 2.62 bits per heavy atom. The molecule has 88 valence electrons. The molecule has 1 aromatic rings. The van der Waals surface area contributed by atoms with E-state index in [4.69, 9.17) is 10.8 Å². The Kier molecular flexibility index (Phi) is 3.51. The number of primary amides is 1. The van der Waals surface area contributed by atoms with Gasteiger partial charge in [-0.25, -0.2) is 8.42 Å². The maximum Gasteiger partial charge on any atom is 0.243 e. The van der Waals surface area contributed by atoms with Gasteiger partial charge in [0.25, 0.3) is 0 Å². The fourth-order valence-electron chi connectivity index (χ4n) is 1.13. The van der Waals surface area contributed by atoms with Crippen LogP contribution >= 0.6 is 0 Å². The van der Waals surface area contributed by atoms with E-state index in [-0.39, 0.29) is 10.6 Å². The minimum Gasteiger partial charge on any atom is -0.508 e. The molecule has 0 radical (unpaired) electrons. The summed E-state index contributed by atoms with van der Waals surface area (Å²) >= 11 is 0. The van der Waals surface area contributed by atoms with Gasteiger partial charge in [-0.2, -0.15) is 4.31 Å². The normalized spacial score (nSPS) is 11.6. The van der Waals surface area contributed by atoms with E-state index >= 15 is 0 Å². The van der Waals surface area contributed by atoms with Crippen molar-refractivity contribution in [1.29, 1.82) is 0 Å². The van der Waals surface area contributed by atoms with Crippen LogP contribution < -0.4 is 5.73 Å². The molecular weight excluding hydrogens is 232 g/mol. The maximum absolute atomic E-state index is 11.8. The summed E-state index contributed by atoms with van der Waals surface area (Å²) in [5, 5.41) is 9.17. The lowest BCUT2D eigenvalue weighted by molar-refractivity contribution is -0.118. The van der Waals surface area contributed by atoms with Gasteiger partial charge in [-0.05, 0) is 18.2 Å². The highest BCUT2D eigenvalue weighted by Gasteiger charge is 2.22. The van der Waals surface area contributed by atoms with E-state index in [1.807, 2.05) is 0 Å². The average Bonchev–Trinajstić information content (AvgIpc) is 2.16. The Bertz CT molecular complexity index is 498. The molecule has 7 heteroatoms. The first-order valence-corrected chi connectivity index (χ1v) is 5.81. The lowest BCUT2D eigenvalue weighted by Gasteiger charge is -2.15. The summed E-state index contributed by atoms with van der Waals surface area (Å²) in [4.78, 5) is 10.5. The standard InChI is InChI=1S/C9H12N2O4S/c1-11(6-9(10)13)16(14,15)8-4-2-3-7(12)5-8/h2-5,12H,6H2,1H3,(H2,10,13). The monoisotopic (exact) mass is 244 g/mol. The van der Waals surface area contributed by atoms with Crippen LogP contribution in [-0.4, -0.2) is 37.3 Å². The molecule has 0 saturated heterocycles. The molecule has 0 fully saturated rings. The number of likely N-dealkylation sites (N-methyl/N-ethyl adjacent to an activating group) is 1. The summed E-state index contributed by atoms with van der Waals surface area (Å²) in [6.07, 6.45) is 0. The number of carbonyl (C=O) groups is 1. The fraction of sp³-hybridized carbons (Fsp3) is 0.222. The third kappa shape index (κ3) is 2.71. The van der Waals surface area contributed by atoms with Gasteiger partial charge in [0.05, 0.1) is 11.4 Å². The van der Waals surface area contributed by atoms with Crippen LogP contribution in [0.2, 0.25) is 0 Å². The molecule has 0 spiro atoms. The Morgan fingerprint density at radius 2 is 2.12 bits per heavy atom. The zero-order valence-electron chi connectivity index (χ0n) is 8.62. The third-order valence-corrected chi connectivity index (χ3v) is 3.70. The smallest absolute Gasteiger partial charge is 0.243 e. The van der Waals surface area contributed by atoms with Crippen LogP contribution in [0.5, 0.6) is 5.75 Å². The van der Waals surface area contributed by atoms with Crippen molar-refractivity contribution in [3.05, 3.63) is 24.3 Å². The maximum atomic E-state index is 11.8. The van der Waals surface area contributed by atoms with Gasteiger partial charge in [-0.3, -0.25) is 4.79 Å². The number of phenolic OH excluding ortho intramolecular Hbond substituents is 1. The lowest BCUT2D eigenvalue weighted by atomic mass is 10.3. The van der Waals surface area contributed by atoms with E-state index in [0.29, 0.717) is 0 Å². The van der Waals surface area contributed by atoms with Crippen molar-refractivity contribution in [2.45, 2.75) is 4.90 Å². The van der Waals surface area contributed by atoms with Crippen molar-refractivity contribution in [3.8, 4) is 5.75 Å². The van der Waals surface area contributed by atoms with Crippen LogP contribution in [0.15, 0.2) is 29.2 Å². The quantitative estimate of drug-likeness (QED) is 0.745. The highest BCUT2D eigenvalue weighted by molar-refractivity contribution is 7.89. The summed E-state index contributed by atoms with van der Waals surface area (Å²) in [7, 11) is -2.54. The van der Waals surface area contributed by atoms with Crippen molar-refractivity contribution in [2.75, 3.05) is 13.6 Å². The van der Waals surface area contributed by atoms with Crippen molar-refractivity contribution >= 4 is 15.9 Å². The number of benzene rings is 1. The van der Waals surface area contributed by atoms with Gasteiger partial charge in [0.1, 0.15) is 5.75 Å². The lowest BCUT2D eigenvalue weighted by Crippen LogP contribution is -2.35. The van der Waals surface area contributed by atoms with Crippen LogP contribution in [0.25, 0.3) is 0 Å². The SMILES string of the molecule is CN(CC(N)=O)S(=O)(=O)c1cccc(O)c1. The second-order valence-corrected chi connectivity index (χ2v) is 5.27. The molecule has 0 bridgehead atoms. The zero-order valence-corrected chi connectivity index (χ0v) is 9.44. The first-order chi connectivity index (χ1) is 7.34. The minimum absolute atomic E-state index is 0.0868. The average molecular weight is 244 g/mol. The molecule has 16 heavy (non-hydrogen) atoms. The van der Waals surface area contributed by atoms with E-state index in [1.54, 1.807) is 0 Å². The summed E-state index contributed by atoms with van der Waals surface area (Å²) < 4.78 is 24.5. The fourth-order valence-corrected chi connectivity index (χ4v) is 2.31. The molecule has 0 saturated carbocycles. The number of hydrogen-bond donors (Lipinski definition) is 2. The highest BCUT2D eigenvalue weighted by atomic mass is 32.2. The number of rotatable bonds is 4. The Hall–Kier alpha value is -1.60. The number of phenols is 1. The first-order valence-electron chi connectivity index (χ1n) is 4.37. The second kappa shape index (κ2) is 4.50. The predicted molar refractivity (Wildman–Crippen MR) is 57.1 cm³/mol. The van der Waals surface area contributed by atoms with Crippen LogP contribution in [0, 0.1) is 0 Å². The van der Waals surface area contributed by atoms with E-state index in [0.717, 1.165) is 10.4 Å². The molecule has 0 aliphatic carbocycles. The summed E-state index contributed by atoms with van der Waals surface area (Å²) in [6, 6.07) is 5.19. The number of hydrogen-bond acceptors (Lipinski definition) is 4. The van der Waals surface area contributed by atoms with E-state index in [9.17, 15) is 13.2 Å². The molecule has 1 amide bonds. The summed E-state index contributed by atoms with van der Waals surface area (Å²) in [5.74, 6) is -0.903. The Balaban J connectivity index is 3.07. The molecule has 1 rings (SSSR count). The Morgan fingerprint density at radius 1 is 1.50 bits per heavy atom. The number of sulfonamides is 1. The van der Waals surface area contributed by atoms with Crippen LogP contribution in [-0.2, 0) is 14.8 Å². The van der Waals surface area contributed by atoms with Gasteiger partial charge in [0.2, 0.25) is 15.9 Å². The van der Waals surface area contributed by atoms with Gasteiger partial charge in [-0.1, -0.05) is 6.07 Å². The number of carbonyl (C=O) groups excluding carboxylic acids is 1. The second-order valence-electron chi connectivity index (χ2n) is 3.22. The van der Waals surface area contributed by atoms with E-state index < -0.39 is 22.5 Å². The summed E-state index contributed by atoms with van der Waals surface area (Å²) in [6.45, 7) is -0.405. The highest BCUT2D eigenvalue weighted by Crippen LogP contribution is 2.18. The van der Waals surface area contributed by atoms with Gasteiger partial charge < -0.3 is 10.8 Å². The van der Waals surface area contributed by atoms with Crippen molar-refractivity contribution in [2.24, 2.45) is 5.73 Å².